The molecule has 1 aliphatic heterocycles. The summed E-state index contributed by atoms with van der Waals surface area (Å²) in [6, 6.07) is 6.03. The molecule has 0 aromatic carbocycles. The van der Waals surface area contributed by atoms with Crippen molar-refractivity contribution in [3.8, 4) is 6.07 Å². The van der Waals surface area contributed by atoms with Crippen LogP contribution in [0.2, 0.25) is 0 Å². The van der Waals surface area contributed by atoms with Crippen molar-refractivity contribution in [1.29, 1.82) is 5.26 Å². The van der Waals surface area contributed by atoms with Crippen LogP contribution < -0.4 is 5.46 Å². The first-order valence-electron chi connectivity index (χ1n) is 6.82. The summed E-state index contributed by atoms with van der Waals surface area (Å²) in [4.78, 5) is 4.29. The number of aromatic nitrogens is 1. The lowest BCUT2D eigenvalue weighted by Gasteiger charge is -2.32. The Morgan fingerprint density at radius 3 is 2.25 bits per heavy atom. The second-order valence-electron chi connectivity index (χ2n) is 6.80. The topological polar surface area (TPSA) is 55.1 Å². The van der Waals surface area contributed by atoms with Gasteiger partial charge < -0.3 is 9.31 Å². The Labute approximate surface area is 121 Å². The van der Waals surface area contributed by atoms with Crippen LogP contribution in [-0.2, 0) is 14.7 Å². The normalized spacial score (nSPS) is 20.8. The van der Waals surface area contributed by atoms with Gasteiger partial charge in [0.2, 0.25) is 0 Å². The number of pyridine rings is 1. The molecule has 1 fully saturated rings. The maximum atomic E-state index is 9.22. The Balaban J connectivity index is 2.33. The molecule has 0 spiro atoms. The molecule has 1 saturated heterocycles. The lowest BCUT2D eigenvalue weighted by molar-refractivity contribution is 0.00578. The van der Waals surface area contributed by atoms with Crippen LogP contribution in [0.1, 0.15) is 47.2 Å². The molecule has 2 heterocycles. The minimum atomic E-state index is -0.625. The summed E-state index contributed by atoms with van der Waals surface area (Å²) in [5, 5.41) is 9.22. The molecule has 0 N–H and O–H groups in total. The average Bonchev–Trinajstić information content (AvgIpc) is 2.59. The van der Waals surface area contributed by atoms with Crippen LogP contribution in [0, 0.1) is 11.3 Å². The van der Waals surface area contributed by atoms with Crippen molar-refractivity contribution < 1.29 is 9.31 Å². The first kappa shape index (κ1) is 15.0. The number of hydrogen-bond acceptors (Lipinski definition) is 4. The Morgan fingerprint density at radius 2 is 1.75 bits per heavy atom. The van der Waals surface area contributed by atoms with E-state index in [0.29, 0.717) is 0 Å². The summed E-state index contributed by atoms with van der Waals surface area (Å²) in [5.74, 6) is 0. The molecular weight excluding hydrogens is 251 g/mol. The lowest BCUT2D eigenvalue weighted by atomic mass is 9.77. The van der Waals surface area contributed by atoms with Gasteiger partial charge >= 0.3 is 7.12 Å². The van der Waals surface area contributed by atoms with Crippen LogP contribution in [0.3, 0.4) is 0 Å². The Bertz CT molecular complexity index is 545. The average molecular weight is 272 g/mol. The fourth-order valence-corrected chi connectivity index (χ4v) is 1.97. The third-order valence-electron chi connectivity index (χ3n) is 4.23. The molecule has 0 unspecified atom stereocenters. The van der Waals surface area contributed by atoms with Gasteiger partial charge in [-0.05, 0) is 59.1 Å². The van der Waals surface area contributed by atoms with Crippen LogP contribution in [0.4, 0.5) is 0 Å². The highest BCUT2D eigenvalue weighted by molar-refractivity contribution is 6.62. The molecule has 106 valence electrons. The highest BCUT2D eigenvalue weighted by Gasteiger charge is 2.51. The molecule has 2 rings (SSSR count). The van der Waals surface area contributed by atoms with E-state index < -0.39 is 12.5 Å². The third-order valence-corrected chi connectivity index (χ3v) is 4.23. The smallest absolute Gasteiger partial charge is 0.399 e. The Hall–Kier alpha value is -1.38. The lowest BCUT2D eigenvalue weighted by Crippen LogP contribution is -2.41. The largest absolute Gasteiger partial charge is 0.494 e. The van der Waals surface area contributed by atoms with Gasteiger partial charge in [-0.25, -0.2) is 0 Å². The summed E-state index contributed by atoms with van der Waals surface area (Å²) in [7, 11) is -0.420. The Kier molecular flexibility index (Phi) is 3.44. The molecule has 20 heavy (non-hydrogen) atoms. The number of hydrogen-bond donors (Lipinski definition) is 0. The summed E-state index contributed by atoms with van der Waals surface area (Å²) in [6.07, 6.45) is 1.70. The van der Waals surface area contributed by atoms with E-state index in [-0.39, 0.29) is 11.2 Å². The van der Waals surface area contributed by atoms with Gasteiger partial charge in [-0.1, -0.05) is 0 Å². The van der Waals surface area contributed by atoms with Crippen molar-refractivity contribution in [2.24, 2.45) is 0 Å². The zero-order chi connectivity index (χ0) is 15.2. The van der Waals surface area contributed by atoms with Crippen LogP contribution in [0.25, 0.3) is 0 Å². The molecule has 0 aliphatic carbocycles. The highest BCUT2D eigenvalue weighted by atomic mass is 16.7. The van der Waals surface area contributed by atoms with E-state index in [2.05, 4.69) is 11.1 Å². The van der Waals surface area contributed by atoms with Crippen LogP contribution >= 0.6 is 0 Å². The van der Waals surface area contributed by atoms with Crippen LogP contribution in [0.5, 0.6) is 0 Å². The first-order chi connectivity index (χ1) is 9.09. The molecule has 5 heteroatoms. The van der Waals surface area contributed by atoms with E-state index >= 15 is 0 Å². The van der Waals surface area contributed by atoms with Gasteiger partial charge in [0.25, 0.3) is 0 Å². The van der Waals surface area contributed by atoms with Gasteiger partial charge in [0, 0.05) is 6.20 Å². The monoisotopic (exact) mass is 272 g/mol. The van der Waals surface area contributed by atoms with E-state index in [1.54, 1.807) is 6.20 Å². The van der Waals surface area contributed by atoms with Crippen LogP contribution in [0.15, 0.2) is 18.3 Å². The zero-order valence-corrected chi connectivity index (χ0v) is 13.0. The number of nitrogens with zero attached hydrogens (tertiary/aromatic N) is 2. The maximum absolute atomic E-state index is 9.22. The molecule has 0 radical (unpaired) electrons. The minimum absolute atomic E-state index is 0.369. The molecule has 0 saturated carbocycles. The summed E-state index contributed by atoms with van der Waals surface area (Å²) in [5.41, 5.74) is 0.265. The van der Waals surface area contributed by atoms with Gasteiger partial charge in [0.1, 0.15) is 0 Å². The minimum Gasteiger partial charge on any atom is -0.399 e. The molecule has 1 aliphatic rings. The molecule has 4 nitrogen and oxygen atoms in total. The molecule has 0 bridgehead atoms. The summed E-state index contributed by atoms with van der Waals surface area (Å²) >= 11 is 0. The van der Waals surface area contributed by atoms with E-state index in [0.717, 1.165) is 11.2 Å². The number of rotatable bonds is 2. The Morgan fingerprint density at radius 1 is 1.20 bits per heavy atom. The van der Waals surface area contributed by atoms with Crippen molar-refractivity contribution in [3.05, 3.63) is 24.0 Å². The third kappa shape index (κ3) is 2.46. The van der Waals surface area contributed by atoms with Crippen LogP contribution in [-0.4, -0.2) is 23.3 Å². The van der Waals surface area contributed by atoms with Gasteiger partial charge in [0.15, 0.2) is 0 Å². The van der Waals surface area contributed by atoms with E-state index in [1.807, 2.05) is 53.7 Å². The van der Waals surface area contributed by atoms with Gasteiger partial charge in [0.05, 0.1) is 28.4 Å². The summed E-state index contributed by atoms with van der Waals surface area (Å²) in [6.45, 7) is 11.8. The molecule has 1 aromatic rings. The van der Waals surface area contributed by atoms with Crippen molar-refractivity contribution in [2.45, 2.75) is 58.2 Å². The maximum Gasteiger partial charge on any atom is 0.494 e. The fourth-order valence-electron chi connectivity index (χ4n) is 1.97. The zero-order valence-electron chi connectivity index (χ0n) is 13.0. The predicted molar refractivity (Wildman–Crippen MR) is 78.6 cm³/mol. The van der Waals surface area contributed by atoms with Crippen molar-refractivity contribution >= 4 is 12.6 Å². The highest BCUT2D eigenvalue weighted by Crippen LogP contribution is 2.36. The van der Waals surface area contributed by atoms with Crippen molar-refractivity contribution in [3.63, 3.8) is 0 Å². The van der Waals surface area contributed by atoms with E-state index in [1.165, 1.54) is 0 Å². The molecular formula is C15H21BN2O2. The second kappa shape index (κ2) is 4.58. The first-order valence-corrected chi connectivity index (χ1v) is 6.82. The molecule has 0 amide bonds. The standard InChI is InChI=1S/C15H21BN2O2/c1-13(2,10-17)12-9-11(7-8-18-12)16-19-14(3,4)15(5,6)20-16/h7-9H,1-6H3. The summed E-state index contributed by atoms with van der Waals surface area (Å²) < 4.78 is 12.0. The molecule has 1 aromatic heterocycles. The fraction of sp³-hybridized carbons (Fsp3) is 0.600. The van der Waals surface area contributed by atoms with Crippen molar-refractivity contribution in [2.75, 3.05) is 0 Å². The quantitative estimate of drug-likeness (QED) is 0.774. The SMILES string of the molecule is CC(C)(C#N)c1cc(B2OC(C)(C)C(C)(C)O2)ccn1. The number of nitriles is 1. The molecule has 0 atom stereocenters. The van der Waals surface area contributed by atoms with Crippen molar-refractivity contribution in [1.82, 2.24) is 4.98 Å². The van der Waals surface area contributed by atoms with E-state index in [9.17, 15) is 5.26 Å². The second-order valence-corrected chi connectivity index (χ2v) is 6.80. The van der Waals surface area contributed by atoms with Gasteiger partial charge in [-0.3, -0.25) is 4.98 Å². The predicted octanol–water partition coefficient (Wildman–Crippen LogP) is 2.18. The van der Waals surface area contributed by atoms with Gasteiger partial charge in [-0.15, -0.1) is 0 Å². The van der Waals surface area contributed by atoms with E-state index in [4.69, 9.17) is 9.31 Å². The van der Waals surface area contributed by atoms with Gasteiger partial charge in [-0.2, -0.15) is 5.26 Å².